The lowest BCUT2D eigenvalue weighted by Gasteiger charge is -2.08. The van der Waals surface area contributed by atoms with Crippen molar-refractivity contribution in [3.8, 4) is 0 Å². The lowest BCUT2D eigenvalue weighted by Crippen LogP contribution is -2.30. The van der Waals surface area contributed by atoms with Gasteiger partial charge < -0.3 is 10.6 Å². The van der Waals surface area contributed by atoms with Crippen LogP contribution in [0, 0.1) is 6.92 Å². The summed E-state index contributed by atoms with van der Waals surface area (Å²) in [5.74, 6) is -0.0246. The van der Waals surface area contributed by atoms with Crippen LogP contribution in [0.15, 0.2) is 48.5 Å². The molecule has 2 N–H and O–H groups in total. The lowest BCUT2D eigenvalue weighted by atomic mass is 10.1. The number of aryl methyl sites for hydroxylation is 1. The molecule has 0 bridgehead atoms. The predicted octanol–water partition coefficient (Wildman–Crippen LogP) is 3.56. The van der Waals surface area contributed by atoms with Crippen molar-refractivity contribution < 1.29 is 9.59 Å². The maximum atomic E-state index is 11.8. The molecule has 2 aromatic carbocycles. The van der Waals surface area contributed by atoms with Gasteiger partial charge in [-0.2, -0.15) is 0 Å². The second-order valence-electron chi connectivity index (χ2n) is 5.25. The summed E-state index contributed by atoms with van der Waals surface area (Å²) in [6.07, 6.45) is 0.779. The largest absolute Gasteiger partial charge is 0.338 e. The Morgan fingerprint density at radius 1 is 1.05 bits per heavy atom. The number of benzene rings is 2. The maximum absolute atomic E-state index is 11.8. The molecule has 0 heterocycles. The zero-order chi connectivity index (χ0) is 15.9. The monoisotopic (exact) mass is 296 g/mol. The molecule has 4 nitrogen and oxygen atoms in total. The molecule has 0 saturated heterocycles. The number of amides is 2. The summed E-state index contributed by atoms with van der Waals surface area (Å²) in [4.78, 5) is 23.1. The number of carbonyl (C=O) groups is 2. The van der Waals surface area contributed by atoms with Gasteiger partial charge in [0.05, 0.1) is 0 Å². The highest BCUT2D eigenvalue weighted by molar-refractivity contribution is 5.96. The number of anilines is 1. The van der Waals surface area contributed by atoms with Crippen LogP contribution >= 0.6 is 0 Å². The van der Waals surface area contributed by atoms with E-state index >= 15 is 0 Å². The molecule has 0 atom stereocenters. The molecule has 0 aromatic heterocycles. The van der Waals surface area contributed by atoms with Crippen LogP contribution in [0.3, 0.4) is 0 Å². The molecule has 0 saturated carbocycles. The van der Waals surface area contributed by atoms with E-state index in [1.54, 1.807) is 24.3 Å². The number of urea groups is 1. The minimum absolute atomic E-state index is 0.0246. The van der Waals surface area contributed by atoms with Gasteiger partial charge in [-0.15, -0.1) is 0 Å². The van der Waals surface area contributed by atoms with Crippen molar-refractivity contribution >= 4 is 17.5 Å². The molecule has 114 valence electrons. The van der Waals surface area contributed by atoms with Crippen molar-refractivity contribution in [1.82, 2.24) is 5.32 Å². The molecule has 0 aliphatic carbocycles. The van der Waals surface area contributed by atoms with E-state index in [0.717, 1.165) is 6.42 Å². The third-order valence-corrected chi connectivity index (χ3v) is 3.35. The molecule has 2 rings (SSSR count). The van der Waals surface area contributed by atoms with Crippen LogP contribution in [-0.2, 0) is 6.42 Å². The summed E-state index contributed by atoms with van der Waals surface area (Å²) >= 11 is 0. The van der Waals surface area contributed by atoms with Gasteiger partial charge in [0.1, 0.15) is 0 Å². The third kappa shape index (κ3) is 4.74. The number of nitrogens with one attached hydrogen (secondary N) is 2. The van der Waals surface area contributed by atoms with E-state index in [2.05, 4.69) is 34.9 Å². The van der Waals surface area contributed by atoms with E-state index in [-0.39, 0.29) is 11.8 Å². The number of hydrogen-bond acceptors (Lipinski definition) is 2. The van der Waals surface area contributed by atoms with Crippen molar-refractivity contribution in [2.24, 2.45) is 0 Å². The molecule has 22 heavy (non-hydrogen) atoms. The Morgan fingerprint density at radius 3 is 2.45 bits per heavy atom. The fourth-order valence-corrected chi connectivity index (χ4v) is 2.07. The average Bonchev–Trinajstić information content (AvgIpc) is 2.49. The molecule has 4 heteroatoms. The van der Waals surface area contributed by atoms with Gasteiger partial charge in [-0.1, -0.05) is 42.0 Å². The third-order valence-electron chi connectivity index (χ3n) is 3.35. The Hall–Kier alpha value is -2.62. The van der Waals surface area contributed by atoms with Gasteiger partial charge in [0.15, 0.2) is 5.78 Å². The van der Waals surface area contributed by atoms with Gasteiger partial charge in [0.25, 0.3) is 0 Å². The summed E-state index contributed by atoms with van der Waals surface area (Å²) in [5, 5.41) is 5.54. The van der Waals surface area contributed by atoms with Gasteiger partial charge in [0, 0.05) is 17.8 Å². The first-order valence-electron chi connectivity index (χ1n) is 7.26. The van der Waals surface area contributed by atoms with E-state index in [0.29, 0.717) is 17.8 Å². The minimum Gasteiger partial charge on any atom is -0.338 e. The van der Waals surface area contributed by atoms with E-state index < -0.39 is 0 Å². The maximum Gasteiger partial charge on any atom is 0.319 e. The Kier molecular flexibility index (Phi) is 5.31. The zero-order valence-electron chi connectivity index (χ0n) is 12.8. The van der Waals surface area contributed by atoms with Crippen LogP contribution in [0.2, 0.25) is 0 Å². The second kappa shape index (κ2) is 7.41. The Labute approximate surface area is 130 Å². The summed E-state index contributed by atoms with van der Waals surface area (Å²) in [6.45, 7) is 4.10. The molecule has 2 amide bonds. The van der Waals surface area contributed by atoms with Gasteiger partial charge in [-0.05, 0) is 38.0 Å². The second-order valence-corrected chi connectivity index (χ2v) is 5.25. The zero-order valence-corrected chi connectivity index (χ0v) is 12.8. The van der Waals surface area contributed by atoms with E-state index in [1.807, 2.05) is 6.92 Å². The van der Waals surface area contributed by atoms with Crippen LogP contribution in [0.25, 0.3) is 0 Å². The van der Waals surface area contributed by atoms with Crippen molar-refractivity contribution in [2.75, 3.05) is 11.9 Å². The highest BCUT2D eigenvalue weighted by Gasteiger charge is 2.04. The van der Waals surface area contributed by atoms with Crippen molar-refractivity contribution in [1.29, 1.82) is 0 Å². The van der Waals surface area contributed by atoms with E-state index in [1.165, 1.54) is 18.1 Å². The topological polar surface area (TPSA) is 58.2 Å². The van der Waals surface area contributed by atoms with Crippen LogP contribution < -0.4 is 10.6 Å². The van der Waals surface area contributed by atoms with Crippen LogP contribution in [0.1, 0.15) is 28.4 Å². The summed E-state index contributed by atoms with van der Waals surface area (Å²) in [7, 11) is 0. The molecule has 2 aromatic rings. The summed E-state index contributed by atoms with van der Waals surface area (Å²) in [5.41, 5.74) is 3.60. The number of rotatable bonds is 5. The number of ketones is 1. The smallest absolute Gasteiger partial charge is 0.319 e. The predicted molar refractivity (Wildman–Crippen MR) is 88.4 cm³/mol. The molecule has 0 aliphatic rings. The molecular weight excluding hydrogens is 276 g/mol. The first-order valence-corrected chi connectivity index (χ1v) is 7.26. The minimum atomic E-state index is -0.271. The first kappa shape index (κ1) is 15.8. The molecule has 0 aliphatic heterocycles. The quantitative estimate of drug-likeness (QED) is 0.829. The van der Waals surface area contributed by atoms with Crippen LogP contribution in [0.5, 0.6) is 0 Å². The Balaban J connectivity index is 1.81. The van der Waals surface area contributed by atoms with Crippen LogP contribution in [-0.4, -0.2) is 18.4 Å². The highest BCUT2D eigenvalue weighted by atomic mass is 16.2. The first-order chi connectivity index (χ1) is 10.5. The Bertz CT molecular complexity index is 663. The van der Waals surface area contributed by atoms with Crippen LogP contribution in [0.4, 0.5) is 10.5 Å². The highest BCUT2D eigenvalue weighted by Crippen LogP contribution is 2.11. The average molecular weight is 296 g/mol. The standard InChI is InChI=1S/C18H20N2O2/c1-13-6-8-15(9-7-13)10-11-19-18(22)20-17-5-3-4-16(12-17)14(2)21/h3-9,12H,10-11H2,1-2H3,(H2,19,20,22). The molecule has 0 fully saturated rings. The summed E-state index contributed by atoms with van der Waals surface area (Å²) in [6, 6.07) is 14.9. The lowest BCUT2D eigenvalue weighted by molar-refractivity contribution is 0.101. The normalized spacial score (nSPS) is 10.1. The number of hydrogen-bond donors (Lipinski definition) is 2. The summed E-state index contributed by atoms with van der Waals surface area (Å²) < 4.78 is 0. The Morgan fingerprint density at radius 2 is 1.77 bits per heavy atom. The number of carbonyl (C=O) groups excluding carboxylic acids is 2. The van der Waals surface area contributed by atoms with Gasteiger partial charge >= 0.3 is 6.03 Å². The number of Topliss-reactive ketones (excluding diaryl/α,β-unsaturated/α-hetero) is 1. The fraction of sp³-hybridized carbons (Fsp3) is 0.222. The van der Waals surface area contributed by atoms with Crippen molar-refractivity contribution in [3.05, 3.63) is 65.2 Å². The SMILES string of the molecule is CC(=O)c1cccc(NC(=O)NCCc2ccc(C)cc2)c1. The molecule has 0 spiro atoms. The molecule has 0 unspecified atom stereocenters. The van der Waals surface area contributed by atoms with Crippen molar-refractivity contribution in [3.63, 3.8) is 0 Å². The molecular formula is C18H20N2O2. The van der Waals surface area contributed by atoms with Crippen molar-refractivity contribution in [2.45, 2.75) is 20.3 Å². The van der Waals surface area contributed by atoms with Gasteiger partial charge in [-0.25, -0.2) is 4.79 Å². The van der Waals surface area contributed by atoms with Gasteiger partial charge in [-0.3, -0.25) is 4.79 Å². The van der Waals surface area contributed by atoms with Gasteiger partial charge in [0.2, 0.25) is 0 Å². The van der Waals surface area contributed by atoms with E-state index in [4.69, 9.17) is 0 Å². The van der Waals surface area contributed by atoms with E-state index in [9.17, 15) is 9.59 Å². The molecule has 0 radical (unpaired) electrons. The fourth-order valence-electron chi connectivity index (χ4n) is 2.07.